The zero-order valence-corrected chi connectivity index (χ0v) is 16.7. The summed E-state index contributed by atoms with van der Waals surface area (Å²) >= 11 is 5.96. The number of methoxy groups -OCH3 is 1. The number of ether oxygens (including phenoxy) is 2. The summed E-state index contributed by atoms with van der Waals surface area (Å²) in [6.07, 6.45) is 1.46. The predicted octanol–water partition coefficient (Wildman–Crippen LogP) is 5.22. The molecule has 3 rings (SSSR count). The molecule has 0 aliphatic rings. The van der Waals surface area contributed by atoms with Crippen LogP contribution in [0, 0.1) is 5.82 Å². The molecule has 1 amide bonds. The third kappa shape index (κ3) is 5.24. The van der Waals surface area contributed by atoms with Crippen molar-refractivity contribution in [1.82, 2.24) is 5.32 Å². The highest BCUT2D eigenvalue weighted by Gasteiger charge is 2.15. The molecule has 0 fully saturated rings. The Morgan fingerprint density at radius 3 is 2.30 bits per heavy atom. The van der Waals surface area contributed by atoms with Gasteiger partial charge < -0.3 is 14.8 Å². The second-order valence-corrected chi connectivity index (χ2v) is 6.50. The van der Waals surface area contributed by atoms with Gasteiger partial charge in [0.2, 0.25) is 0 Å². The quantitative estimate of drug-likeness (QED) is 0.434. The van der Waals surface area contributed by atoms with Gasteiger partial charge >= 0.3 is 5.97 Å². The van der Waals surface area contributed by atoms with E-state index in [1.54, 1.807) is 54.6 Å². The molecule has 3 aromatic rings. The Kier molecular flexibility index (Phi) is 6.83. The average Bonchev–Trinajstić information content (AvgIpc) is 2.77. The van der Waals surface area contributed by atoms with Crippen molar-refractivity contribution in [3.05, 3.63) is 100 Å². The summed E-state index contributed by atoms with van der Waals surface area (Å²) in [6.45, 7) is 0. The van der Waals surface area contributed by atoms with E-state index < -0.39 is 17.7 Å². The van der Waals surface area contributed by atoms with Crippen LogP contribution in [0.1, 0.15) is 15.9 Å². The summed E-state index contributed by atoms with van der Waals surface area (Å²) in [5.41, 5.74) is 0.964. The van der Waals surface area contributed by atoms with Crippen molar-refractivity contribution >= 4 is 29.6 Å². The summed E-state index contributed by atoms with van der Waals surface area (Å²) in [6, 6.07) is 19.2. The van der Waals surface area contributed by atoms with Gasteiger partial charge in [-0.3, -0.25) is 4.79 Å². The molecular weight excluding hydrogens is 409 g/mol. The SMILES string of the molecule is COC(=O)/C(=C\c1ccc(Oc2c(F)cccc2Cl)cc1)NC(=O)c1ccccc1. The van der Waals surface area contributed by atoms with Crippen LogP contribution in [-0.4, -0.2) is 19.0 Å². The van der Waals surface area contributed by atoms with Crippen LogP contribution >= 0.6 is 11.6 Å². The van der Waals surface area contributed by atoms with E-state index in [0.717, 1.165) is 0 Å². The lowest BCUT2D eigenvalue weighted by molar-refractivity contribution is -0.136. The fourth-order valence-electron chi connectivity index (χ4n) is 2.54. The average molecular weight is 426 g/mol. The molecule has 1 N–H and O–H groups in total. The van der Waals surface area contributed by atoms with E-state index in [1.807, 2.05) is 0 Å². The van der Waals surface area contributed by atoms with Crippen LogP contribution in [0.25, 0.3) is 6.08 Å². The molecule has 3 aromatic carbocycles. The van der Waals surface area contributed by atoms with Gasteiger partial charge in [0.1, 0.15) is 11.4 Å². The van der Waals surface area contributed by atoms with Gasteiger partial charge in [-0.15, -0.1) is 0 Å². The molecule has 5 nitrogen and oxygen atoms in total. The van der Waals surface area contributed by atoms with Gasteiger partial charge in [-0.25, -0.2) is 9.18 Å². The van der Waals surface area contributed by atoms with Gasteiger partial charge in [-0.05, 0) is 48.0 Å². The topological polar surface area (TPSA) is 64.6 Å². The number of rotatable bonds is 6. The Morgan fingerprint density at radius 1 is 0.967 bits per heavy atom. The van der Waals surface area contributed by atoms with Gasteiger partial charge in [0.25, 0.3) is 5.91 Å². The first-order valence-electron chi connectivity index (χ1n) is 8.86. The highest BCUT2D eigenvalue weighted by Crippen LogP contribution is 2.32. The number of hydrogen-bond donors (Lipinski definition) is 1. The van der Waals surface area contributed by atoms with E-state index in [2.05, 4.69) is 5.32 Å². The standard InChI is InChI=1S/C23H17ClFNO4/c1-29-23(28)20(26-22(27)16-6-3-2-4-7-16)14-15-10-12-17(13-11-15)30-21-18(24)8-5-9-19(21)25/h2-14H,1H3,(H,26,27)/b20-14+. The first kappa shape index (κ1) is 21.1. The molecule has 0 aliphatic heterocycles. The predicted molar refractivity (Wildman–Crippen MR) is 112 cm³/mol. The first-order chi connectivity index (χ1) is 14.5. The van der Waals surface area contributed by atoms with Crippen LogP contribution in [0.2, 0.25) is 5.02 Å². The summed E-state index contributed by atoms with van der Waals surface area (Å²) in [4.78, 5) is 24.4. The number of nitrogens with one attached hydrogen (secondary N) is 1. The normalized spacial score (nSPS) is 11.0. The smallest absolute Gasteiger partial charge is 0.354 e. The summed E-state index contributed by atoms with van der Waals surface area (Å²) in [7, 11) is 1.22. The van der Waals surface area contributed by atoms with Crippen molar-refractivity contribution in [3.63, 3.8) is 0 Å². The Balaban J connectivity index is 1.80. The molecule has 0 atom stereocenters. The fraction of sp³-hybridized carbons (Fsp3) is 0.0435. The fourth-order valence-corrected chi connectivity index (χ4v) is 2.74. The zero-order valence-electron chi connectivity index (χ0n) is 15.9. The molecule has 0 saturated carbocycles. The molecule has 152 valence electrons. The number of benzene rings is 3. The zero-order chi connectivity index (χ0) is 21.5. The van der Waals surface area contributed by atoms with Crippen molar-refractivity contribution in [2.75, 3.05) is 7.11 Å². The molecule has 0 aliphatic carbocycles. The minimum absolute atomic E-state index is 0.0304. The van der Waals surface area contributed by atoms with E-state index in [9.17, 15) is 14.0 Å². The molecule has 0 unspecified atom stereocenters. The summed E-state index contributed by atoms with van der Waals surface area (Å²) < 4.78 is 24.1. The maximum Gasteiger partial charge on any atom is 0.354 e. The second kappa shape index (κ2) is 9.71. The molecule has 0 bridgehead atoms. The number of halogens is 2. The Labute approximate surface area is 177 Å². The van der Waals surface area contributed by atoms with Crippen LogP contribution in [0.5, 0.6) is 11.5 Å². The Hall–Kier alpha value is -3.64. The van der Waals surface area contributed by atoms with Crippen molar-refractivity contribution < 1.29 is 23.5 Å². The van der Waals surface area contributed by atoms with E-state index in [1.165, 1.54) is 31.4 Å². The second-order valence-electron chi connectivity index (χ2n) is 6.09. The van der Waals surface area contributed by atoms with Gasteiger partial charge in [0.15, 0.2) is 11.6 Å². The number of carbonyl (C=O) groups is 2. The molecular formula is C23H17ClFNO4. The molecule has 30 heavy (non-hydrogen) atoms. The maximum atomic E-state index is 13.9. The van der Waals surface area contributed by atoms with Crippen LogP contribution < -0.4 is 10.1 Å². The largest absolute Gasteiger partial charge is 0.464 e. The molecule has 0 radical (unpaired) electrons. The molecule has 0 heterocycles. The number of hydrogen-bond acceptors (Lipinski definition) is 4. The monoisotopic (exact) mass is 425 g/mol. The van der Waals surface area contributed by atoms with E-state index in [-0.39, 0.29) is 16.5 Å². The van der Waals surface area contributed by atoms with Crippen LogP contribution in [0.3, 0.4) is 0 Å². The number of amides is 1. The highest BCUT2D eigenvalue weighted by molar-refractivity contribution is 6.32. The van der Waals surface area contributed by atoms with E-state index in [0.29, 0.717) is 16.9 Å². The van der Waals surface area contributed by atoms with Crippen LogP contribution in [0.4, 0.5) is 4.39 Å². The van der Waals surface area contributed by atoms with Crippen LogP contribution in [-0.2, 0) is 9.53 Å². The van der Waals surface area contributed by atoms with Crippen molar-refractivity contribution in [2.24, 2.45) is 0 Å². The van der Waals surface area contributed by atoms with Crippen molar-refractivity contribution in [1.29, 1.82) is 0 Å². The van der Waals surface area contributed by atoms with Gasteiger partial charge in [-0.1, -0.05) is 48.0 Å². The van der Waals surface area contributed by atoms with Gasteiger partial charge in [-0.2, -0.15) is 0 Å². The van der Waals surface area contributed by atoms with Crippen molar-refractivity contribution in [3.8, 4) is 11.5 Å². The maximum absolute atomic E-state index is 13.9. The Bertz CT molecular complexity index is 1060. The highest BCUT2D eigenvalue weighted by atomic mass is 35.5. The summed E-state index contributed by atoms with van der Waals surface area (Å²) in [5.74, 6) is -1.44. The lowest BCUT2D eigenvalue weighted by atomic mass is 10.1. The van der Waals surface area contributed by atoms with Crippen molar-refractivity contribution in [2.45, 2.75) is 0 Å². The van der Waals surface area contributed by atoms with E-state index in [4.69, 9.17) is 21.1 Å². The first-order valence-corrected chi connectivity index (χ1v) is 9.24. The molecule has 0 aromatic heterocycles. The lowest BCUT2D eigenvalue weighted by Crippen LogP contribution is -2.28. The third-order valence-electron chi connectivity index (χ3n) is 4.02. The molecule has 0 saturated heterocycles. The third-order valence-corrected chi connectivity index (χ3v) is 4.32. The summed E-state index contributed by atoms with van der Waals surface area (Å²) in [5, 5.41) is 2.70. The number of esters is 1. The molecule has 0 spiro atoms. The minimum atomic E-state index is -0.697. The molecule has 7 heteroatoms. The van der Waals surface area contributed by atoms with E-state index >= 15 is 0 Å². The minimum Gasteiger partial charge on any atom is -0.464 e. The number of para-hydroxylation sites is 1. The van der Waals surface area contributed by atoms with Crippen LogP contribution in [0.15, 0.2) is 78.5 Å². The lowest BCUT2D eigenvalue weighted by Gasteiger charge is -2.10. The van der Waals surface area contributed by atoms with Gasteiger partial charge in [0.05, 0.1) is 12.1 Å². The Morgan fingerprint density at radius 2 is 1.67 bits per heavy atom. The van der Waals surface area contributed by atoms with Gasteiger partial charge in [0, 0.05) is 5.56 Å². The number of carbonyl (C=O) groups excluding carboxylic acids is 2.